The smallest absolute Gasteiger partial charge is 0.243 e. The Morgan fingerprint density at radius 1 is 0.966 bits per heavy atom. The molecule has 0 radical (unpaired) electrons. The Kier molecular flexibility index (Phi) is 6.74. The van der Waals surface area contributed by atoms with Crippen molar-refractivity contribution in [3.05, 3.63) is 95.8 Å². The molecule has 0 aliphatic carbocycles. The molecule has 0 atom stereocenters. The molecular weight excluding hydrogens is 386 g/mol. The highest BCUT2D eigenvalue weighted by Gasteiger charge is 2.26. The van der Waals surface area contributed by atoms with Crippen molar-refractivity contribution in [1.29, 1.82) is 0 Å². The van der Waals surface area contributed by atoms with E-state index in [4.69, 9.17) is 0 Å². The number of rotatable bonds is 8. The van der Waals surface area contributed by atoms with Gasteiger partial charge in [-0.2, -0.15) is 4.31 Å². The number of carbonyl (C=O) groups is 1. The van der Waals surface area contributed by atoms with Crippen LogP contribution in [0.15, 0.2) is 83.9 Å². The van der Waals surface area contributed by atoms with Crippen molar-refractivity contribution in [1.82, 2.24) is 14.6 Å². The molecule has 1 aromatic heterocycles. The second kappa shape index (κ2) is 9.45. The summed E-state index contributed by atoms with van der Waals surface area (Å²) in [4.78, 5) is 16.8. The van der Waals surface area contributed by atoms with E-state index in [9.17, 15) is 13.2 Å². The molecule has 1 amide bonds. The Labute approximate surface area is 171 Å². The highest BCUT2D eigenvalue weighted by atomic mass is 32.2. The maximum atomic E-state index is 13.2. The summed E-state index contributed by atoms with van der Waals surface area (Å²) in [5, 5.41) is 2.74. The molecule has 0 spiro atoms. The first-order valence-corrected chi connectivity index (χ1v) is 10.7. The molecule has 0 saturated heterocycles. The maximum absolute atomic E-state index is 13.2. The first-order valence-electron chi connectivity index (χ1n) is 9.22. The molecule has 0 bridgehead atoms. The van der Waals surface area contributed by atoms with Crippen molar-refractivity contribution in [2.45, 2.75) is 24.9 Å². The molecule has 7 heteroatoms. The van der Waals surface area contributed by atoms with E-state index in [0.29, 0.717) is 5.69 Å². The van der Waals surface area contributed by atoms with Gasteiger partial charge in [-0.15, -0.1) is 0 Å². The van der Waals surface area contributed by atoms with Crippen LogP contribution in [0.5, 0.6) is 0 Å². The molecule has 3 aromatic rings. The minimum absolute atomic E-state index is 0.105. The van der Waals surface area contributed by atoms with E-state index in [2.05, 4.69) is 10.3 Å². The number of aromatic nitrogens is 1. The number of pyridine rings is 1. The zero-order valence-corrected chi connectivity index (χ0v) is 17.0. The highest BCUT2D eigenvalue weighted by molar-refractivity contribution is 7.89. The van der Waals surface area contributed by atoms with Crippen LogP contribution < -0.4 is 5.32 Å². The number of aryl methyl sites for hydroxylation is 1. The molecule has 0 aliphatic heterocycles. The van der Waals surface area contributed by atoms with E-state index >= 15 is 0 Å². The third kappa shape index (κ3) is 5.73. The number of hydrogen-bond donors (Lipinski definition) is 1. The van der Waals surface area contributed by atoms with E-state index in [0.717, 1.165) is 11.1 Å². The lowest BCUT2D eigenvalue weighted by Gasteiger charge is -2.22. The van der Waals surface area contributed by atoms with Gasteiger partial charge in [0.05, 0.1) is 23.7 Å². The van der Waals surface area contributed by atoms with Crippen molar-refractivity contribution >= 4 is 15.9 Å². The molecule has 150 valence electrons. The number of amides is 1. The van der Waals surface area contributed by atoms with Gasteiger partial charge in [-0.1, -0.05) is 54.1 Å². The van der Waals surface area contributed by atoms with Gasteiger partial charge in [0.1, 0.15) is 0 Å². The van der Waals surface area contributed by atoms with Gasteiger partial charge in [0.25, 0.3) is 0 Å². The van der Waals surface area contributed by atoms with Crippen LogP contribution >= 0.6 is 0 Å². The molecule has 6 nitrogen and oxygen atoms in total. The largest absolute Gasteiger partial charge is 0.349 e. The first-order chi connectivity index (χ1) is 13.9. The Balaban J connectivity index is 1.78. The van der Waals surface area contributed by atoms with Gasteiger partial charge in [-0.05, 0) is 36.8 Å². The number of sulfonamides is 1. The number of carbonyl (C=O) groups excluding carboxylic acids is 1. The number of nitrogens with zero attached hydrogens (tertiary/aromatic N) is 2. The van der Waals surface area contributed by atoms with Gasteiger partial charge in [0.2, 0.25) is 15.9 Å². The van der Waals surface area contributed by atoms with Crippen LogP contribution in [-0.2, 0) is 27.9 Å². The topological polar surface area (TPSA) is 79.4 Å². The monoisotopic (exact) mass is 409 g/mol. The molecule has 0 saturated carbocycles. The number of hydrogen-bond acceptors (Lipinski definition) is 4. The summed E-state index contributed by atoms with van der Waals surface area (Å²) in [6.07, 6.45) is 1.64. The van der Waals surface area contributed by atoms with Crippen LogP contribution in [0.3, 0.4) is 0 Å². The zero-order valence-electron chi connectivity index (χ0n) is 16.2. The summed E-state index contributed by atoms with van der Waals surface area (Å²) in [7, 11) is -3.84. The van der Waals surface area contributed by atoms with Crippen LogP contribution in [0, 0.1) is 6.92 Å². The SMILES string of the molecule is Cc1ccc(S(=O)(=O)N(CC(=O)NCc2ccccn2)Cc2ccccc2)cc1. The predicted octanol–water partition coefficient (Wildman–Crippen LogP) is 2.90. The molecule has 1 N–H and O–H groups in total. The Hall–Kier alpha value is -3.03. The second-order valence-electron chi connectivity index (χ2n) is 6.67. The molecular formula is C22H23N3O3S. The van der Waals surface area contributed by atoms with Crippen LogP contribution in [0.4, 0.5) is 0 Å². The lowest BCUT2D eigenvalue weighted by Crippen LogP contribution is -2.40. The van der Waals surface area contributed by atoms with Crippen molar-refractivity contribution in [2.75, 3.05) is 6.54 Å². The first kappa shape index (κ1) is 20.7. The number of nitrogens with one attached hydrogen (secondary N) is 1. The molecule has 3 rings (SSSR count). The minimum Gasteiger partial charge on any atom is -0.349 e. The third-order valence-electron chi connectivity index (χ3n) is 4.37. The van der Waals surface area contributed by atoms with Gasteiger partial charge in [-0.3, -0.25) is 9.78 Å². The van der Waals surface area contributed by atoms with Crippen molar-refractivity contribution in [2.24, 2.45) is 0 Å². The van der Waals surface area contributed by atoms with Crippen LogP contribution in [-0.4, -0.2) is 30.2 Å². The minimum atomic E-state index is -3.84. The third-order valence-corrected chi connectivity index (χ3v) is 6.18. The lowest BCUT2D eigenvalue weighted by molar-refractivity contribution is -0.121. The summed E-state index contributed by atoms with van der Waals surface area (Å²) in [6, 6.07) is 21.3. The summed E-state index contributed by atoms with van der Waals surface area (Å²) >= 11 is 0. The van der Waals surface area contributed by atoms with Gasteiger partial charge < -0.3 is 5.32 Å². The molecule has 2 aromatic carbocycles. The summed E-state index contributed by atoms with van der Waals surface area (Å²) in [5.74, 6) is -0.387. The van der Waals surface area contributed by atoms with Gasteiger partial charge in [0, 0.05) is 12.7 Å². The maximum Gasteiger partial charge on any atom is 0.243 e. The number of benzene rings is 2. The quantitative estimate of drug-likeness (QED) is 0.620. The van der Waals surface area contributed by atoms with Crippen molar-refractivity contribution in [3.8, 4) is 0 Å². The summed E-state index contributed by atoms with van der Waals surface area (Å²) in [6.45, 7) is 1.96. The van der Waals surface area contributed by atoms with Crippen LogP contribution in [0.25, 0.3) is 0 Å². The van der Waals surface area contributed by atoms with Gasteiger partial charge >= 0.3 is 0 Å². The molecule has 1 heterocycles. The van der Waals surface area contributed by atoms with Crippen LogP contribution in [0.1, 0.15) is 16.8 Å². The molecule has 0 unspecified atom stereocenters. The molecule has 0 aliphatic rings. The fourth-order valence-electron chi connectivity index (χ4n) is 2.78. The van der Waals surface area contributed by atoms with Crippen molar-refractivity contribution < 1.29 is 13.2 Å². The fraction of sp³-hybridized carbons (Fsp3) is 0.182. The van der Waals surface area contributed by atoms with Crippen molar-refractivity contribution in [3.63, 3.8) is 0 Å². The van der Waals surface area contributed by atoms with E-state index in [1.807, 2.05) is 43.3 Å². The second-order valence-corrected chi connectivity index (χ2v) is 8.61. The van der Waals surface area contributed by atoms with E-state index in [1.54, 1.807) is 42.6 Å². The average Bonchev–Trinajstić information content (AvgIpc) is 2.73. The summed E-state index contributed by atoms with van der Waals surface area (Å²) < 4.78 is 27.6. The lowest BCUT2D eigenvalue weighted by atomic mass is 10.2. The van der Waals surface area contributed by atoms with E-state index in [1.165, 1.54) is 4.31 Å². The highest BCUT2D eigenvalue weighted by Crippen LogP contribution is 2.19. The van der Waals surface area contributed by atoms with E-state index in [-0.39, 0.29) is 30.4 Å². The molecule has 29 heavy (non-hydrogen) atoms. The Morgan fingerprint density at radius 2 is 1.66 bits per heavy atom. The predicted molar refractivity (Wildman–Crippen MR) is 111 cm³/mol. The van der Waals surface area contributed by atoms with Gasteiger partial charge in [0.15, 0.2) is 0 Å². The fourth-order valence-corrected chi connectivity index (χ4v) is 4.16. The van der Waals surface area contributed by atoms with Crippen LogP contribution in [0.2, 0.25) is 0 Å². The van der Waals surface area contributed by atoms with E-state index < -0.39 is 10.0 Å². The normalized spacial score (nSPS) is 11.4. The summed E-state index contributed by atoms with van der Waals surface area (Å²) in [5.41, 5.74) is 2.48. The van der Waals surface area contributed by atoms with Gasteiger partial charge in [-0.25, -0.2) is 8.42 Å². The zero-order chi connectivity index (χ0) is 20.7. The molecule has 0 fully saturated rings. The standard InChI is InChI=1S/C22H23N3O3S/c1-18-10-12-21(13-11-18)29(27,28)25(16-19-7-3-2-4-8-19)17-22(26)24-15-20-9-5-6-14-23-20/h2-14H,15-17H2,1H3,(H,24,26). The Morgan fingerprint density at radius 3 is 2.31 bits per heavy atom. The Bertz CT molecular complexity index is 1040. The average molecular weight is 410 g/mol.